The second-order valence-electron chi connectivity index (χ2n) is 8.20. The summed E-state index contributed by atoms with van der Waals surface area (Å²) in [5.74, 6) is 0.697. The van der Waals surface area contributed by atoms with Gasteiger partial charge in [-0.25, -0.2) is 9.79 Å². The highest BCUT2D eigenvalue weighted by Gasteiger charge is 2.34. The van der Waals surface area contributed by atoms with E-state index in [1.54, 1.807) is 24.5 Å². The number of hydrogen-bond acceptors (Lipinski definition) is 7. The van der Waals surface area contributed by atoms with E-state index in [-0.39, 0.29) is 19.0 Å². The fourth-order valence-corrected chi connectivity index (χ4v) is 5.58. The number of aromatic nitrogens is 2. The van der Waals surface area contributed by atoms with Crippen LogP contribution in [0.2, 0.25) is 0 Å². The highest BCUT2D eigenvalue weighted by atomic mass is 32.1. The molecule has 176 valence electrons. The fourth-order valence-electron chi connectivity index (χ4n) is 4.54. The zero-order valence-electron chi connectivity index (χ0n) is 19.0. The minimum Gasteiger partial charge on any atom is -0.463 e. The lowest BCUT2D eigenvalue weighted by atomic mass is 9.95. The van der Waals surface area contributed by atoms with Crippen molar-refractivity contribution in [2.45, 2.75) is 19.9 Å². The molecule has 0 amide bonds. The summed E-state index contributed by atoms with van der Waals surface area (Å²) in [6.07, 6.45) is 3.75. The lowest BCUT2D eigenvalue weighted by Gasteiger charge is -2.24. The minimum atomic E-state index is -0.704. The number of fused-ring (bicyclic) bond motifs is 3. The van der Waals surface area contributed by atoms with Crippen LogP contribution in [0.1, 0.15) is 31.0 Å². The Balaban J connectivity index is 1.57. The van der Waals surface area contributed by atoms with Crippen molar-refractivity contribution in [1.82, 2.24) is 9.55 Å². The zero-order valence-corrected chi connectivity index (χ0v) is 19.8. The molecule has 4 heterocycles. The van der Waals surface area contributed by atoms with E-state index in [2.05, 4.69) is 9.98 Å². The third-order valence-corrected chi connectivity index (χ3v) is 7.12. The van der Waals surface area contributed by atoms with Crippen molar-refractivity contribution in [2.24, 2.45) is 4.99 Å². The van der Waals surface area contributed by atoms with Gasteiger partial charge in [-0.1, -0.05) is 35.6 Å². The average molecular weight is 488 g/mol. The first kappa shape index (κ1) is 21.4. The van der Waals surface area contributed by atoms with E-state index < -0.39 is 12.0 Å². The van der Waals surface area contributed by atoms with Gasteiger partial charge in [0.15, 0.2) is 16.3 Å². The van der Waals surface area contributed by atoms with E-state index in [9.17, 15) is 9.59 Å². The summed E-state index contributed by atoms with van der Waals surface area (Å²) in [7, 11) is 0. The van der Waals surface area contributed by atoms with E-state index in [4.69, 9.17) is 14.2 Å². The maximum atomic E-state index is 13.8. The zero-order chi connectivity index (χ0) is 24.1. The van der Waals surface area contributed by atoms with Gasteiger partial charge < -0.3 is 19.2 Å². The number of hydrogen-bond donors (Lipinski definition) is 1. The van der Waals surface area contributed by atoms with Crippen molar-refractivity contribution in [3.8, 4) is 11.5 Å². The number of aromatic amines is 1. The van der Waals surface area contributed by atoms with Crippen LogP contribution < -0.4 is 24.4 Å². The van der Waals surface area contributed by atoms with Crippen LogP contribution in [0.3, 0.4) is 0 Å². The molecule has 35 heavy (non-hydrogen) atoms. The molecule has 0 unspecified atom stereocenters. The summed E-state index contributed by atoms with van der Waals surface area (Å²) < 4.78 is 18.5. The molecule has 1 N–H and O–H groups in total. The van der Waals surface area contributed by atoms with Gasteiger partial charge in [0.25, 0.3) is 5.56 Å². The Kier molecular flexibility index (Phi) is 5.07. The van der Waals surface area contributed by atoms with Crippen LogP contribution in [0.25, 0.3) is 17.0 Å². The normalized spacial score (nSPS) is 17.0. The third kappa shape index (κ3) is 3.47. The molecule has 9 heteroatoms. The Morgan fingerprint density at radius 2 is 2.09 bits per heavy atom. The van der Waals surface area contributed by atoms with Crippen LogP contribution in [-0.2, 0) is 9.53 Å². The first-order chi connectivity index (χ1) is 17.0. The van der Waals surface area contributed by atoms with Crippen molar-refractivity contribution in [1.29, 1.82) is 0 Å². The molecule has 0 radical (unpaired) electrons. The standard InChI is InChI=1S/C26H21N3O5S/c1-3-32-25(31)22-14(2)28-26-29(23(22)15-8-9-19-20(10-15)34-13-33-19)24(30)21(35-26)11-16-12-27-18-7-5-4-6-17(16)18/h4-12,23,27H,3,13H2,1-2H3/b21-11-/t23-/m0/s1. The van der Waals surface area contributed by atoms with Crippen molar-refractivity contribution in [3.05, 3.63) is 90.7 Å². The van der Waals surface area contributed by atoms with Gasteiger partial charge in [-0.2, -0.15) is 0 Å². The van der Waals surface area contributed by atoms with Gasteiger partial charge in [-0.05, 0) is 43.7 Å². The van der Waals surface area contributed by atoms with Gasteiger partial charge in [0.1, 0.15) is 0 Å². The number of carbonyl (C=O) groups excluding carboxylic acids is 1. The first-order valence-electron chi connectivity index (χ1n) is 11.2. The van der Waals surface area contributed by atoms with Crippen molar-refractivity contribution in [2.75, 3.05) is 13.4 Å². The number of rotatable bonds is 4. The van der Waals surface area contributed by atoms with Crippen LogP contribution >= 0.6 is 11.3 Å². The summed E-state index contributed by atoms with van der Waals surface area (Å²) in [6.45, 7) is 3.86. The maximum Gasteiger partial charge on any atom is 0.338 e. The van der Waals surface area contributed by atoms with Crippen LogP contribution in [0.15, 0.2) is 69.7 Å². The molecular weight excluding hydrogens is 466 g/mol. The molecule has 0 bridgehead atoms. The van der Waals surface area contributed by atoms with E-state index >= 15 is 0 Å². The predicted octanol–water partition coefficient (Wildman–Crippen LogP) is 3.01. The molecule has 2 aliphatic heterocycles. The monoisotopic (exact) mass is 487 g/mol. The number of H-pyrrole nitrogens is 1. The number of para-hydroxylation sites is 1. The molecule has 4 aromatic rings. The Bertz CT molecular complexity index is 1710. The largest absolute Gasteiger partial charge is 0.463 e. The van der Waals surface area contributed by atoms with Crippen LogP contribution in [-0.4, -0.2) is 28.9 Å². The van der Waals surface area contributed by atoms with E-state index in [0.717, 1.165) is 16.5 Å². The van der Waals surface area contributed by atoms with Crippen molar-refractivity contribution < 1.29 is 19.0 Å². The number of nitrogens with zero attached hydrogens (tertiary/aromatic N) is 2. The number of nitrogens with one attached hydrogen (secondary N) is 1. The average Bonchev–Trinajstić information content (AvgIpc) is 3.56. The molecule has 6 rings (SSSR count). The molecule has 0 saturated carbocycles. The molecule has 0 saturated heterocycles. The van der Waals surface area contributed by atoms with Gasteiger partial charge in [-0.15, -0.1) is 0 Å². The number of benzene rings is 2. The lowest BCUT2D eigenvalue weighted by molar-refractivity contribution is -0.139. The molecule has 0 spiro atoms. The van der Waals surface area contributed by atoms with Crippen LogP contribution in [0, 0.1) is 0 Å². The molecule has 2 aromatic carbocycles. The number of carbonyl (C=O) groups is 1. The SMILES string of the molecule is CCOC(=O)C1=C(C)N=c2s/c(=C\c3c[nH]c4ccccc34)c(=O)n2[C@H]1c1ccc2c(c1)OCO2. The highest BCUT2D eigenvalue weighted by Crippen LogP contribution is 2.38. The Morgan fingerprint density at radius 1 is 1.26 bits per heavy atom. The minimum absolute atomic E-state index is 0.131. The first-order valence-corrected chi connectivity index (χ1v) is 12.0. The second kappa shape index (κ2) is 8.28. The second-order valence-corrected chi connectivity index (χ2v) is 9.21. The molecule has 2 aliphatic rings. The molecule has 2 aromatic heterocycles. The summed E-state index contributed by atoms with van der Waals surface area (Å²) in [4.78, 5) is 35.2. The van der Waals surface area contributed by atoms with E-state index in [1.165, 1.54) is 11.3 Å². The van der Waals surface area contributed by atoms with E-state index in [1.807, 2.05) is 48.7 Å². The quantitative estimate of drug-likeness (QED) is 0.447. The van der Waals surface area contributed by atoms with Gasteiger partial charge >= 0.3 is 5.97 Å². The topological polar surface area (TPSA) is 94.9 Å². The molecule has 0 fully saturated rings. The Morgan fingerprint density at radius 3 is 2.94 bits per heavy atom. The summed E-state index contributed by atoms with van der Waals surface area (Å²) in [5.41, 5.74) is 3.24. The molecule has 1 atom stereocenters. The summed E-state index contributed by atoms with van der Waals surface area (Å²) in [5, 5.41) is 1.02. The molecule has 0 aliphatic carbocycles. The number of thiazole rings is 1. The van der Waals surface area contributed by atoms with Crippen LogP contribution in [0.5, 0.6) is 11.5 Å². The molecule has 8 nitrogen and oxygen atoms in total. The number of esters is 1. The fraction of sp³-hybridized carbons (Fsp3) is 0.192. The summed E-state index contributed by atoms with van der Waals surface area (Å²) >= 11 is 1.30. The number of ether oxygens (including phenoxy) is 3. The van der Waals surface area contributed by atoms with Crippen molar-refractivity contribution in [3.63, 3.8) is 0 Å². The number of allylic oxidation sites excluding steroid dienone is 1. The lowest BCUT2D eigenvalue weighted by Crippen LogP contribution is -2.39. The Hall–Kier alpha value is -4.11. The predicted molar refractivity (Wildman–Crippen MR) is 131 cm³/mol. The summed E-state index contributed by atoms with van der Waals surface area (Å²) in [6, 6.07) is 12.7. The van der Waals surface area contributed by atoms with Gasteiger partial charge in [-0.3, -0.25) is 9.36 Å². The highest BCUT2D eigenvalue weighted by molar-refractivity contribution is 7.07. The third-order valence-electron chi connectivity index (χ3n) is 6.14. The Labute approximate surface area is 203 Å². The molecular formula is C26H21N3O5S. The maximum absolute atomic E-state index is 13.8. The smallest absolute Gasteiger partial charge is 0.338 e. The van der Waals surface area contributed by atoms with E-state index in [0.29, 0.717) is 37.7 Å². The van der Waals surface area contributed by atoms with Gasteiger partial charge in [0.2, 0.25) is 6.79 Å². The van der Waals surface area contributed by atoms with Crippen LogP contribution in [0.4, 0.5) is 0 Å². The van der Waals surface area contributed by atoms with Gasteiger partial charge in [0.05, 0.1) is 28.5 Å². The van der Waals surface area contributed by atoms with Crippen molar-refractivity contribution >= 4 is 34.3 Å². The van der Waals surface area contributed by atoms with Gasteiger partial charge in [0, 0.05) is 22.7 Å².